The fraction of sp³-hybridized carbons (Fsp3) is 0.188. The van der Waals surface area contributed by atoms with Crippen molar-refractivity contribution < 1.29 is 4.42 Å². The lowest BCUT2D eigenvalue weighted by Crippen LogP contribution is -1.97. The van der Waals surface area contributed by atoms with Crippen LogP contribution in [0.25, 0.3) is 10.9 Å². The topological polar surface area (TPSA) is 26.0 Å². The molecule has 0 N–H and O–H groups in total. The van der Waals surface area contributed by atoms with Gasteiger partial charge < -0.3 is 4.42 Å². The Morgan fingerprint density at radius 3 is 2.84 bits per heavy atom. The van der Waals surface area contributed by atoms with Crippen LogP contribution in [0.5, 0.6) is 0 Å². The quantitative estimate of drug-likeness (QED) is 0.648. The summed E-state index contributed by atoms with van der Waals surface area (Å²) >= 11 is 3.70. The van der Waals surface area contributed by atoms with Gasteiger partial charge in [-0.1, -0.05) is 40.2 Å². The summed E-state index contributed by atoms with van der Waals surface area (Å²) < 4.78 is 5.34. The number of fused-ring (bicyclic) bond motifs is 1. The minimum Gasteiger partial charge on any atom is -0.469 e. The molecular formula is C16H14BrNO. The number of furan rings is 1. The van der Waals surface area contributed by atoms with E-state index in [1.807, 2.05) is 25.1 Å². The number of nitrogens with zero attached hydrogens (tertiary/aromatic N) is 1. The van der Waals surface area contributed by atoms with Gasteiger partial charge >= 0.3 is 0 Å². The number of pyridine rings is 1. The molecule has 0 amide bonds. The van der Waals surface area contributed by atoms with Crippen molar-refractivity contribution in [3.63, 3.8) is 0 Å². The lowest BCUT2D eigenvalue weighted by atomic mass is 10.1. The van der Waals surface area contributed by atoms with E-state index in [0.717, 1.165) is 29.0 Å². The number of benzene rings is 1. The highest BCUT2D eigenvalue weighted by Crippen LogP contribution is 2.28. The SMILES string of the molecule is Cc1cc(C(Br)Cc2ccc3ccccc3n2)co1. The second-order valence-corrected chi connectivity index (χ2v) is 5.76. The van der Waals surface area contributed by atoms with Crippen LogP contribution in [0.4, 0.5) is 0 Å². The molecule has 2 nitrogen and oxygen atoms in total. The van der Waals surface area contributed by atoms with Gasteiger partial charge in [0.25, 0.3) is 0 Å². The first-order chi connectivity index (χ1) is 9.22. The van der Waals surface area contributed by atoms with Crippen LogP contribution in [0.3, 0.4) is 0 Å². The molecule has 0 saturated heterocycles. The minimum absolute atomic E-state index is 0.235. The molecule has 0 saturated carbocycles. The van der Waals surface area contributed by atoms with Gasteiger partial charge in [-0.15, -0.1) is 0 Å². The van der Waals surface area contributed by atoms with Crippen LogP contribution in [0, 0.1) is 6.92 Å². The number of alkyl halides is 1. The van der Waals surface area contributed by atoms with Crippen LogP contribution in [0.1, 0.15) is 21.8 Å². The van der Waals surface area contributed by atoms with Crippen LogP contribution < -0.4 is 0 Å². The maximum Gasteiger partial charge on any atom is 0.101 e. The number of hydrogen-bond donors (Lipinski definition) is 0. The predicted molar refractivity (Wildman–Crippen MR) is 80.6 cm³/mol. The Balaban J connectivity index is 1.84. The van der Waals surface area contributed by atoms with E-state index < -0.39 is 0 Å². The van der Waals surface area contributed by atoms with E-state index in [0.29, 0.717) is 0 Å². The third-order valence-corrected chi connectivity index (χ3v) is 4.01. The molecule has 96 valence electrons. The van der Waals surface area contributed by atoms with Gasteiger partial charge in [0.2, 0.25) is 0 Å². The normalized spacial score (nSPS) is 12.7. The Hall–Kier alpha value is -1.61. The van der Waals surface area contributed by atoms with Crippen molar-refractivity contribution in [3.8, 4) is 0 Å². The lowest BCUT2D eigenvalue weighted by Gasteiger charge is -2.07. The molecule has 0 radical (unpaired) electrons. The zero-order valence-corrected chi connectivity index (χ0v) is 12.2. The summed E-state index contributed by atoms with van der Waals surface area (Å²) in [6.07, 6.45) is 2.65. The first-order valence-electron chi connectivity index (χ1n) is 6.26. The smallest absolute Gasteiger partial charge is 0.101 e. The summed E-state index contributed by atoms with van der Waals surface area (Å²) in [5, 5.41) is 1.18. The largest absolute Gasteiger partial charge is 0.469 e. The van der Waals surface area contributed by atoms with Gasteiger partial charge in [0.05, 0.1) is 11.8 Å². The summed E-state index contributed by atoms with van der Waals surface area (Å²) in [5.41, 5.74) is 3.29. The monoisotopic (exact) mass is 315 g/mol. The summed E-state index contributed by atoms with van der Waals surface area (Å²) in [7, 11) is 0. The molecule has 0 bridgehead atoms. The molecule has 0 fully saturated rings. The van der Waals surface area contributed by atoms with Gasteiger partial charge in [0.1, 0.15) is 5.76 Å². The second kappa shape index (κ2) is 5.17. The minimum atomic E-state index is 0.235. The van der Waals surface area contributed by atoms with Crippen molar-refractivity contribution in [3.05, 3.63) is 65.7 Å². The fourth-order valence-electron chi connectivity index (χ4n) is 2.15. The third kappa shape index (κ3) is 2.71. The van der Waals surface area contributed by atoms with Crippen molar-refractivity contribution in [2.24, 2.45) is 0 Å². The van der Waals surface area contributed by atoms with E-state index >= 15 is 0 Å². The van der Waals surface area contributed by atoms with E-state index in [4.69, 9.17) is 4.42 Å². The Kier molecular flexibility index (Phi) is 3.38. The Bertz CT molecular complexity index is 705. The van der Waals surface area contributed by atoms with Crippen LogP contribution in [-0.2, 0) is 6.42 Å². The summed E-state index contributed by atoms with van der Waals surface area (Å²) in [6.45, 7) is 1.96. The molecule has 2 aromatic heterocycles. The average molecular weight is 316 g/mol. The number of rotatable bonds is 3. The van der Waals surface area contributed by atoms with E-state index in [1.54, 1.807) is 6.26 Å². The molecule has 1 atom stereocenters. The molecule has 0 aliphatic heterocycles. The maximum absolute atomic E-state index is 5.34. The summed E-state index contributed by atoms with van der Waals surface area (Å²) in [4.78, 5) is 4.92. The fourth-order valence-corrected chi connectivity index (χ4v) is 2.72. The molecule has 1 aromatic carbocycles. The van der Waals surface area contributed by atoms with E-state index in [-0.39, 0.29) is 4.83 Å². The molecule has 0 aliphatic rings. The van der Waals surface area contributed by atoms with Crippen molar-refractivity contribution in [2.75, 3.05) is 0 Å². The Morgan fingerprint density at radius 1 is 1.21 bits per heavy atom. The molecule has 1 unspecified atom stereocenters. The van der Waals surface area contributed by atoms with Gasteiger partial charge in [0.15, 0.2) is 0 Å². The van der Waals surface area contributed by atoms with Crippen molar-refractivity contribution in [2.45, 2.75) is 18.2 Å². The van der Waals surface area contributed by atoms with Gasteiger partial charge in [-0.25, -0.2) is 0 Å². The standard InChI is InChI=1S/C16H14BrNO/c1-11-8-13(10-19-11)15(17)9-14-7-6-12-4-2-3-5-16(12)18-14/h2-8,10,15H,9H2,1H3. The van der Waals surface area contributed by atoms with E-state index in [1.165, 1.54) is 5.39 Å². The van der Waals surface area contributed by atoms with Crippen molar-refractivity contribution >= 4 is 26.8 Å². The molecule has 2 heterocycles. The van der Waals surface area contributed by atoms with Gasteiger partial charge in [0, 0.05) is 27.9 Å². The van der Waals surface area contributed by atoms with Crippen LogP contribution in [-0.4, -0.2) is 4.98 Å². The summed E-state index contributed by atoms with van der Waals surface area (Å²) in [6, 6.07) is 14.4. The Labute approximate surface area is 120 Å². The van der Waals surface area contributed by atoms with Crippen molar-refractivity contribution in [1.82, 2.24) is 4.98 Å². The molecule has 0 aliphatic carbocycles. The van der Waals surface area contributed by atoms with Crippen molar-refractivity contribution in [1.29, 1.82) is 0 Å². The first kappa shape index (κ1) is 12.4. The van der Waals surface area contributed by atoms with E-state index in [2.05, 4.69) is 45.2 Å². The maximum atomic E-state index is 5.34. The average Bonchev–Trinajstić information content (AvgIpc) is 2.85. The molecule has 3 rings (SSSR count). The number of para-hydroxylation sites is 1. The third-order valence-electron chi connectivity index (χ3n) is 3.16. The van der Waals surface area contributed by atoms with Gasteiger partial charge in [-0.05, 0) is 25.1 Å². The number of hydrogen-bond acceptors (Lipinski definition) is 2. The number of aryl methyl sites for hydroxylation is 1. The van der Waals surface area contributed by atoms with Gasteiger partial charge in [-0.2, -0.15) is 0 Å². The highest BCUT2D eigenvalue weighted by Gasteiger charge is 2.12. The molecular weight excluding hydrogens is 302 g/mol. The number of halogens is 1. The van der Waals surface area contributed by atoms with Crippen LogP contribution in [0.2, 0.25) is 0 Å². The zero-order valence-electron chi connectivity index (χ0n) is 10.6. The molecule has 0 spiro atoms. The zero-order chi connectivity index (χ0) is 13.2. The lowest BCUT2D eigenvalue weighted by molar-refractivity contribution is 0.531. The van der Waals surface area contributed by atoms with Crippen LogP contribution in [0.15, 0.2) is 53.1 Å². The Morgan fingerprint density at radius 2 is 2.05 bits per heavy atom. The van der Waals surface area contributed by atoms with Crippen LogP contribution >= 0.6 is 15.9 Å². The van der Waals surface area contributed by atoms with Gasteiger partial charge in [-0.3, -0.25) is 4.98 Å². The highest BCUT2D eigenvalue weighted by molar-refractivity contribution is 9.09. The van der Waals surface area contributed by atoms with E-state index in [9.17, 15) is 0 Å². The highest BCUT2D eigenvalue weighted by atomic mass is 79.9. The molecule has 19 heavy (non-hydrogen) atoms. The molecule has 3 heteroatoms. The first-order valence-corrected chi connectivity index (χ1v) is 7.18. The molecule has 3 aromatic rings. The number of aromatic nitrogens is 1. The predicted octanol–water partition coefficient (Wildman–Crippen LogP) is 4.81. The summed E-state index contributed by atoms with van der Waals surface area (Å²) in [5.74, 6) is 0.936. The second-order valence-electron chi connectivity index (χ2n) is 4.66.